The van der Waals surface area contributed by atoms with E-state index in [-0.39, 0.29) is 5.91 Å². The van der Waals surface area contributed by atoms with Crippen molar-refractivity contribution in [2.24, 2.45) is 0 Å². The maximum atomic E-state index is 12.8. The van der Waals surface area contributed by atoms with Gasteiger partial charge in [-0.15, -0.1) is 0 Å². The van der Waals surface area contributed by atoms with Gasteiger partial charge < -0.3 is 5.32 Å². The molecule has 0 spiro atoms. The Kier molecular flexibility index (Phi) is 5.36. The summed E-state index contributed by atoms with van der Waals surface area (Å²) in [5.41, 5.74) is 7.42. The summed E-state index contributed by atoms with van der Waals surface area (Å²) >= 11 is 0. The summed E-state index contributed by atoms with van der Waals surface area (Å²) in [5.74, 6) is 0.0175. The molecular formula is C23H26N2O. The molecular weight excluding hydrogens is 320 g/mol. The normalized spacial score (nSPS) is 10.9. The van der Waals surface area contributed by atoms with Crippen LogP contribution < -0.4 is 5.32 Å². The van der Waals surface area contributed by atoms with Gasteiger partial charge in [0, 0.05) is 16.8 Å². The predicted molar refractivity (Wildman–Crippen MR) is 109 cm³/mol. The van der Waals surface area contributed by atoms with Crippen LogP contribution in [0, 0.1) is 13.8 Å². The number of nitrogens with one attached hydrogen (secondary N) is 1. The molecule has 0 unspecified atom stereocenters. The molecule has 3 nitrogen and oxygen atoms in total. The topological polar surface area (TPSA) is 42.0 Å². The fourth-order valence-corrected chi connectivity index (χ4v) is 3.58. The Morgan fingerprint density at radius 1 is 0.962 bits per heavy atom. The molecule has 0 bridgehead atoms. The third kappa shape index (κ3) is 3.48. The van der Waals surface area contributed by atoms with Crippen molar-refractivity contribution < 1.29 is 4.79 Å². The van der Waals surface area contributed by atoms with Crippen molar-refractivity contribution in [3.8, 4) is 0 Å². The van der Waals surface area contributed by atoms with Crippen molar-refractivity contribution in [3.05, 3.63) is 70.4 Å². The van der Waals surface area contributed by atoms with E-state index < -0.39 is 0 Å². The van der Waals surface area contributed by atoms with Crippen molar-refractivity contribution in [1.82, 2.24) is 4.98 Å². The Morgan fingerprint density at radius 2 is 1.62 bits per heavy atom. The molecule has 0 radical (unpaired) electrons. The van der Waals surface area contributed by atoms with Crippen molar-refractivity contribution in [2.45, 2.75) is 47.0 Å². The number of anilines is 1. The number of rotatable bonds is 5. The van der Waals surface area contributed by atoms with Crippen LogP contribution >= 0.6 is 0 Å². The fourth-order valence-electron chi connectivity index (χ4n) is 3.58. The molecule has 2 aromatic carbocycles. The number of nitrogens with zero attached hydrogens (tertiary/aromatic N) is 1. The first-order valence-corrected chi connectivity index (χ1v) is 9.30. The number of carbonyl (C=O) groups is 1. The van der Waals surface area contributed by atoms with Gasteiger partial charge in [-0.25, -0.2) is 0 Å². The molecule has 0 fully saturated rings. The third-order valence-corrected chi connectivity index (χ3v) is 5.09. The zero-order chi connectivity index (χ0) is 18.7. The number of hydrogen-bond acceptors (Lipinski definition) is 2. The lowest BCUT2D eigenvalue weighted by Crippen LogP contribution is -2.18. The van der Waals surface area contributed by atoms with Gasteiger partial charge >= 0.3 is 0 Å². The standard InChI is InChI=1S/C23H26N2O/c1-5-17-10-9-11-18(6-2)23(17)25-22(26)14-20-15(3)19-12-7-8-13-21(19)24-16(20)4/h7-13H,5-6,14H2,1-4H3,(H,25,26). The highest BCUT2D eigenvalue weighted by atomic mass is 16.1. The molecule has 0 aliphatic heterocycles. The number of para-hydroxylation sites is 2. The highest BCUT2D eigenvalue weighted by Gasteiger charge is 2.15. The summed E-state index contributed by atoms with van der Waals surface area (Å²) in [6, 6.07) is 14.3. The molecule has 26 heavy (non-hydrogen) atoms. The summed E-state index contributed by atoms with van der Waals surface area (Å²) in [7, 11) is 0. The van der Waals surface area contributed by atoms with E-state index in [1.807, 2.05) is 25.1 Å². The summed E-state index contributed by atoms with van der Waals surface area (Å²) in [5, 5.41) is 4.28. The van der Waals surface area contributed by atoms with E-state index in [1.165, 1.54) is 11.1 Å². The average Bonchev–Trinajstić information content (AvgIpc) is 2.65. The van der Waals surface area contributed by atoms with E-state index in [1.54, 1.807) is 0 Å². The van der Waals surface area contributed by atoms with Crippen molar-refractivity contribution >= 4 is 22.5 Å². The SMILES string of the molecule is CCc1cccc(CC)c1NC(=O)Cc1c(C)nc2ccccc2c1C. The molecule has 0 atom stereocenters. The number of amides is 1. The quantitative estimate of drug-likeness (QED) is 0.693. The van der Waals surface area contributed by atoms with E-state index in [9.17, 15) is 4.79 Å². The first-order chi connectivity index (χ1) is 12.5. The second-order valence-corrected chi connectivity index (χ2v) is 6.70. The van der Waals surface area contributed by atoms with Crippen LogP contribution in [0.5, 0.6) is 0 Å². The zero-order valence-electron chi connectivity index (χ0n) is 16.0. The zero-order valence-corrected chi connectivity index (χ0v) is 16.0. The van der Waals surface area contributed by atoms with Gasteiger partial charge in [-0.1, -0.05) is 50.2 Å². The lowest BCUT2D eigenvalue weighted by molar-refractivity contribution is -0.115. The maximum Gasteiger partial charge on any atom is 0.228 e. The number of carbonyl (C=O) groups excluding carboxylic acids is 1. The second-order valence-electron chi connectivity index (χ2n) is 6.70. The van der Waals surface area contributed by atoms with E-state index >= 15 is 0 Å². The van der Waals surface area contributed by atoms with Crippen LogP contribution in [0.15, 0.2) is 42.5 Å². The fraction of sp³-hybridized carbons (Fsp3) is 0.304. The molecule has 0 aliphatic carbocycles. The number of pyridine rings is 1. The van der Waals surface area contributed by atoms with Gasteiger partial charge in [0.25, 0.3) is 0 Å². The number of fused-ring (bicyclic) bond motifs is 1. The second kappa shape index (κ2) is 7.69. The Balaban J connectivity index is 1.91. The van der Waals surface area contributed by atoms with Crippen molar-refractivity contribution in [2.75, 3.05) is 5.32 Å². The summed E-state index contributed by atoms with van der Waals surface area (Å²) in [6.45, 7) is 8.30. The van der Waals surface area contributed by atoms with Gasteiger partial charge in [0.2, 0.25) is 5.91 Å². The predicted octanol–water partition coefficient (Wildman–Crippen LogP) is 5.16. The van der Waals surface area contributed by atoms with Gasteiger partial charge in [-0.2, -0.15) is 0 Å². The first-order valence-electron chi connectivity index (χ1n) is 9.30. The minimum Gasteiger partial charge on any atom is -0.325 e. The van der Waals surface area contributed by atoms with E-state index in [2.05, 4.69) is 55.3 Å². The molecule has 1 heterocycles. The van der Waals surface area contributed by atoms with E-state index in [0.717, 1.165) is 46.3 Å². The van der Waals surface area contributed by atoms with Crippen LogP contribution in [0.25, 0.3) is 10.9 Å². The van der Waals surface area contributed by atoms with Crippen molar-refractivity contribution in [1.29, 1.82) is 0 Å². The molecule has 0 aliphatic rings. The Hall–Kier alpha value is -2.68. The summed E-state index contributed by atoms with van der Waals surface area (Å²) < 4.78 is 0. The van der Waals surface area contributed by atoms with Gasteiger partial charge in [0.05, 0.1) is 11.9 Å². The van der Waals surface area contributed by atoms with Gasteiger partial charge in [0.15, 0.2) is 0 Å². The van der Waals surface area contributed by atoms with Crippen LogP contribution in [0.2, 0.25) is 0 Å². The van der Waals surface area contributed by atoms with Gasteiger partial charge in [-0.3, -0.25) is 9.78 Å². The molecule has 134 valence electrons. The number of hydrogen-bond donors (Lipinski definition) is 1. The first kappa shape index (κ1) is 18.1. The van der Waals surface area contributed by atoms with Crippen LogP contribution in [-0.4, -0.2) is 10.9 Å². The molecule has 1 N–H and O–H groups in total. The lowest BCUT2D eigenvalue weighted by Gasteiger charge is -2.16. The Morgan fingerprint density at radius 3 is 2.27 bits per heavy atom. The summed E-state index contributed by atoms with van der Waals surface area (Å²) in [6.07, 6.45) is 2.15. The highest BCUT2D eigenvalue weighted by Crippen LogP contribution is 2.25. The van der Waals surface area contributed by atoms with Gasteiger partial charge in [-0.05, 0) is 55.0 Å². The lowest BCUT2D eigenvalue weighted by atomic mass is 9.98. The highest BCUT2D eigenvalue weighted by molar-refractivity contribution is 5.95. The molecule has 1 aromatic heterocycles. The molecule has 3 aromatic rings. The van der Waals surface area contributed by atoms with E-state index in [4.69, 9.17) is 0 Å². The smallest absolute Gasteiger partial charge is 0.228 e. The Bertz CT molecular complexity index is 938. The van der Waals surface area contributed by atoms with Crippen LogP contribution in [0.3, 0.4) is 0 Å². The van der Waals surface area contributed by atoms with Crippen molar-refractivity contribution in [3.63, 3.8) is 0 Å². The summed E-state index contributed by atoms with van der Waals surface area (Å²) in [4.78, 5) is 17.5. The molecule has 3 rings (SSSR count). The molecule has 1 amide bonds. The van der Waals surface area contributed by atoms with E-state index in [0.29, 0.717) is 6.42 Å². The minimum absolute atomic E-state index is 0.0175. The molecule has 0 saturated heterocycles. The monoisotopic (exact) mass is 346 g/mol. The number of benzene rings is 2. The minimum atomic E-state index is 0.0175. The Labute approximate surface area is 155 Å². The third-order valence-electron chi connectivity index (χ3n) is 5.09. The number of aromatic nitrogens is 1. The molecule has 0 saturated carbocycles. The van der Waals surface area contributed by atoms with Gasteiger partial charge in [0.1, 0.15) is 0 Å². The van der Waals surface area contributed by atoms with Crippen LogP contribution in [0.4, 0.5) is 5.69 Å². The number of aryl methyl sites for hydroxylation is 4. The average molecular weight is 346 g/mol. The molecule has 3 heteroatoms. The van der Waals surface area contributed by atoms with Crippen LogP contribution in [-0.2, 0) is 24.1 Å². The maximum absolute atomic E-state index is 12.8. The van der Waals surface area contributed by atoms with Crippen LogP contribution in [0.1, 0.15) is 41.8 Å². The largest absolute Gasteiger partial charge is 0.325 e.